The first-order valence-electron chi connectivity index (χ1n) is 5.70. The quantitative estimate of drug-likeness (QED) is 0.492. The van der Waals surface area contributed by atoms with E-state index in [0.717, 1.165) is 13.6 Å². The molecule has 6 heteroatoms. The van der Waals surface area contributed by atoms with Gasteiger partial charge in [0.25, 0.3) is 5.91 Å². The van der Waals surface area contributed by atoms with Gasteiger partial charge in [-0.1, -0.05) is 11.6 Å². The monoisotopic (exact) mass is 464 g/mol. The molecule has 0 bridgehead atoms. The Labute approximate surface area is 144 Å². The van der Waals surface area contributed by atoms with Crippen molar-refractivity contribution in [2.75, 3.05) is 11.1 Å². The number of hydrogen-bond donors (Lipinski definition) is 2. The molecule has 0 radical (unpaired) electrons. The van der Waals surface area contributed by atoms with E-state index in [9.17, 15) is 4.79 Å². The third-order valence-corrected chi connectivity index (χ3v) is 4.35. The van der Waals surface area contributed by atoms with Crippen LogP contribution in [0.2, 0.25) is 5.02 Å². The Balaban J connectivity index is 2.35. The third kappa shape index (κ3) is 3.45. The molecule has 2 aromatic carbocycles. The number of benzene rings is 2. The highest BCUT2D eigenvalue weighted by Gasteiger charge is 2.14. The number of nitrogens with two attached hydrogens (primary N) is 1. The normalized spacial score (nSPS) is 10.4. The van der Waals surface area contributed by atoms with Gasteiger partial charge in [0, 0.05) is 13.7 Å². The first kappa shape index (κ1) is 15.6. The number of carbonyl (C=O) groups excluding carboxylic acids is 1. The molecular formula is C14H11BrClIN2O. The molecule has 0 aliphatic rings. The molecule has 0 saturated carbocycles. The highest BCUT2D eigenvalue weighted by Crippen LogP contribution is 2.30. The van der Waals surface area contributed by atoms with Crippen LogP contribution >= 0.6 is 50.1 Å². The molecule has 0 saturated heterocycles. The summed E-state index contributed by atoms with van der Waals surface area (Å²) in [5, 5.41) is 3.28. The number of halogens is 3. The predicted octanol–water partition coefficient (Wildman–Crippen LogP) is 4.85. The van der Waals surface area contributed by atoms with Gasteiger partial charge in [-0.15, -0.1) is 0 Å². The van der Waals surface area contributed by atoms with Gasteiger partial charge in [0.1, 0.15) is 0 Å². The van der Waals surface area contributed by atoms with Gasteiger partial charge in [0.2, 0.25) is 0 Å². The first-order valence-corrected chi connectivity index (χ1v) is 7.95. The maximum absolute atomic E-state index is 12.3. The van der Waals surface area contributed by atoms with E-state index in [1.54, 1.807) is 24.3 Å². The highest BCUT2D eigenvalue weighted by atomic mass is 127. The molecule has 0 spiro atoms. The Morgan fingerprint density at radius 2 is 2.05 bits per heavy atom. The van der Waals surface area contributed by atoms with Crippen molar-refractivity contribution < 1.29 is 4.79 Å². The maximum Gasteiger partial charge on any atom is 0.257 e. The first-order chi connectivity index (χ1) is 9.38. The second-order valence-corrected chi connectivity index (χ2v) is 6.78. The van der Waals surface area contributed by atoms with Crippen molar-refractivity contribution in [1.29, 1.82) is 0 Å². The van der Waals surface area contributed by atoms with Crippen LogP contribution in [0, 0.1) is 10.5 Å². The van der Waals surface area contributed by atoms with Crippen LogP contribution in [0.3, 0.4) is 0 Å². The number of nitrogens with one attached hydrogen (secondary N) is 1. The van der Waals surface area contributed by atoms with Crippen LogP contribution in [0.15, 0.2) is 34.8 Å². The van der Waals surface area contributed by atoms with Crippen molar-refractivity contribution in [3.8, 4) is 0 Å². The minimum Gasteiger partial charge on any atom is -0.399 e. The van der Waals surface area contributed by atoms with Gasteiger partial charge in [-0.25, -0.2) is 0 Å². The van der Waals surface area contributed by atoms with Crippen LogP contribution in [-0.4, -0.2) is 5.91 Å². The van der Waals surface area contributed by atoms with Crippen molar-refractivity contribution >= 4 is 67.4 Å². The van der Waals surface area contributed by atoms with Crippen molar-refractivity contribution in [2.45, 2.75) is 6.92 Å². The number of amides is 1. The molecule has 0 aliphatic heterocycles. The van der Waals surface area contributed by atoms with E-state index >= 15 is 0 Å². The number of carbonyl (C=O) groups is 1. The molecular weight excluding hydrogens is 454 g/mol. The van der Waals surface area contributed by atoms with Gasteiger partial charge in [-0.3, -0.25) is 4.79 Å². The Morgan fingerprint density at radius 1 is 1.35 bits per heavy atom. The third-order valence-electron chi connectivity index (χ3n) is 2.72. The molecule has 0 unspecified atom stereocenters. The molecule has 20 heavy (non-hydrogen) atoms. The molecule has 3 N–H and O–H groups in total. The fraction of sp³-hybridized carbons (Fsp3) is 0.0714. The SMILES string of the molecule is Cc1cc(N)cc(Br)c1NC(=O)c1cc(I)ccc1Cl. The Bertz CT molecular complexity index is 668. The van der Waals surface area contributed by atoms with Crippen molar-refractivity contribution in [1.82, 2.24) is 0 Å². The van der Waals surface area contributed by atoms with Crippen molar-refractivity contribution in [2.24, 2.45) is 0 Å². The van der Waals surface area contributed by atoms with Crippen LogP contribution in [0.25, 0.3) is 0 Å². The molecule has 0 atom stereocenters. The molecule has 104 valence electrons. The van der Waals surface area contributed by atoms with Crippen LogP contribution < -0.4 is 11.1 Å². The summed E-state index contributed by atoms with van der Waals surface area (Å²) in [6.07, 6.45) is 0. The van der Waals surface area contributed by atoms with Crippen molar-refractivity contribution in [3.05, 3.63) is 54.5 Å². The van der Waals surface area contributed by atoms with E-state index in [4.69, 9.17) is 17.3 Å². The Hall–Kier alpha value is -0.790. The molecule has 0 heterocycles. The van der Waals surface area contributed by atoms with E-state index in [-0.39, 0.29) is 5.91 Å². The summed E-state index contributed by atoms with van der Waals surface area (Å²) in [6.45, 7) is 1.88. The van der Waals surface area contributed by atoms with Gasteiger partial charge in [-0.2, -0.15) is 0 Å². The number of anilines is 2. The van der Waals surface area contributed by atoms with Crippen LogP contribution in [-0.2, 0) is 0 Å². The van der Waals surface area contributed by atoms with Gasteiger partial charge in [0.05, 0.1) is 16.3 Å². The summed E-state index contributed by atoms with van der Waals surface area (Å²) < 4.78 is 1.69. The Morgan fingerprint density at radius 3 is 2.70 bits per heavy atom. The number of hydrogen-bond acceptors (Lipinski definition) is 2. The maximum atomic E-state index is 12.3. The van der Waals surface area contributed by atoms with Gasteiger partial charge >= 0.3 is 0 Å². The molecule has 2 aromatic rings. The van der Waals surface area contributed by atoms with E-state index in [1.807, 2.05) is 13.0 Å². The minimum absolute atomic E-state index is 0.248. The fourth-order valence-corrected chi connectivity index (χ4v) is 3.15. The molecule has 3 nitrogen and oxygen atoms in total. The van der Waals surface area contributed by atoms with Crippen molar-refractivity contribution in [3.63, 3.8) is 0 Å². The zero-order valence-electron chi connectivity index (χ0n) is 10.5. The van der Waals surface area contributed by atoms with Crippen LogP contribution in [0.4, 0.5) is 11.4 Å². The standard InChI is InChI=1S/C14H11BrClIN2O/c1-7-4-9(18)6-11(15)13(7)19-14(20)10-5-8(17)2-3-12(10)16/h2-6H,18H2,1H3,(H,19,20). The van der Waals surface area contributed by atoms with Gasteiger partial charge in [-0.05, 0) is 81.3 Å². The number of rotatable bonds is 2. The van der Waals surface area contributed by atoms with E-state index < -0.39 is 0 Å². The average Bonchev–Trinajstić information content (AvgIpc) is 2.36. The van der Waals surface area contributed by atoms with Gasteiger partial charge in [0.15, 0.2) is 0 Å². The topological polar surface area (TPSA) is 55.1 Å². The lowest BCUT2D eigenvalue weighted by atomic mass is 10.1. The number of aryl methyl sites for hydroxylation is 1. The summed E-state index contributed by atoms with van der Waals surface area (Å²) in [5.74, 6) is -0.248. The van der Waals surface area contributed by atoms with E-state index in [2.05, 4.69) is 43.8 Å². The summed E-state index contributed by atoms with van der Waals surface area (Å²) in [6, 6.07) is 8.86. The molecule has 0 aliphatic carbocycles. The zero-order chi connectivity index (χ0) is 14.9. The summed E-state index contributed by atoms with van der Waals surface area (Å²) in [5.41, 5.74) is 8.41. The highest BCUT2D eigenvalue weighted by molar-refractivity contribution is 14.1. The van der Waals surface area contributed by atoms with E-state index in [0.29, 0.717) is 22.0 Å². The zero-order valence-corrected chi connectivity index (χ0v) is 15.0. The largest absolute Gasteiger partial charge is 0.399 e. The van der Waals surface area contributed by atoms with E-state index in [1.165, 1.54) is 0 Å². The van der Waals surface area contributed by atoms with Crippen LogP contribution in [0.1, 0.15) is 15.9 Å². The summed E-state index contributed by atoms with van der Waals surface area (Å²) in [4.78, 5) is 12.3. The summed E-state index contributed by atoms with van der Waals surface area (Å²) >= 11 is 11.6. The molecule has 0 aromatic heterocycles. The average molecular weight is 466 g/mol. The fourth-order valence-electron chi connectivity index (χ4n) is 1.78. The predicted molar refractivity (Wildman–Crippen MR) is 95.4 cm³/mol. The second kappa shape index (κ2) is 6.32. The van der Waals surface area contributed by atoms with Crippen LogP contribution in [0.5, 0.6) is 0 Å². The lowest BCUT2D eigenvalue weighted by Gasteiger charge is -2.12. The molecule has 0 fully saturated rings. The minimum atomic E-state index is -0.248. The number of nitrogen functional groups attached to an aromatic ring is 1. The molecule has 1 amide bonds. The molecule has 2 rings (SSSR count). The Kier molecular flexibility index (Phi) is 4.93. The summed E-state index contributed by atoms with van der Waals surface area (Å²) in [7, 11) is 0. The smallest absolute Gasteiger partial charge is 0.257 e. The lowest BCUT2D eigenvalue weighted by Crippen LogP contribution is -2.14. The second-order valence-electron chi connectivity index (χ2n) is 4.27. The van der Waals surface area contributed by atoms with Gasteiger partial charge < -0.3 is 11.1 Å². The lowest BCUT2D eigenvalue weighted by molar-refractivity contribution is 0.102.